The number of rotatable bonds is 10. The van der Waals surface area contributed by atoms with Gasteiger partial charge in [-0.1, -0.05) is 13.0 Å². The van der Waals surface area contributed by atoms with Crippen molar-refractivity contribution < 1.29 is 9.13 Å². The van der Waals surface area contributed by atoms with Crippen LogP contribution >= 0.6 is 0 Å². The van der Waals surface area contributed by atoms with Gasteiger partial charge < -0.3 is 15.0 Å². The Labute approximate surface area is 127 Å². The Kier molecular flexibility index (Phi) is 6.46. The van der Waals surface area contributed by atoms with Gasteiger partial charge in [0.15, 0.2) is 0 Å². The smallest absolute Gasteiger partial charge is 0.146 e. The first-order chi connectivity index (χ1) is 10.2. The molecule has 0 radical (unpaired) electrons. The highest BCUT2D eigenvalue weighted by Crippen LogP contribution is 2.32. The molecule has 21 heavy (non-hydrogen) atoms. The minimum absolute atomic E-state index is 0.102. The van der Waals surface area contributed by atoms with Gasteiger partial charge in [-0.2, -0.15) is 0 Å². The zero-order chi connectivity index (χ0) is 15.1. The molecule has 1 saturated carbocycles. The average Bonchev–Trinajstić information content (AvgIpc) is 3.27. The van der Waals surface area contributed by atoms with E-state index in [1.54, 1.807) is 13.2 Å². The Balaban J connectivity index is 1.95. The van der Waals surface area contributed by atoms with E-state index in [1.165, 1.54) is 12.8 Å². The number of hydrogen-bond acceptors (Lipinski definition) is 3. The fourth-order valence-electron chi connectivity index (χ4n) is 2.52. The Hall–Kier alpha value is -1.13. The van der Waals surface area contributed by atoms with Crippen molar-refractivity contribution in [3.63, 3.8) is 0 Å². The Morgan fingerprint density at radius 3 is 2.81 bits per heavy atom. The normalized spacial score (nSPS) is 14.4. The van der Waals surface area contributed by atoms with Crippen LogP contribution in [-0.4, -0.2) is 33.4 Å². The molecule has 0 atom stereocenters. The minimum Gasteiger partial charge on any atom is -0.383 e. The molecule has 2 rings (SSSR count). The summed E-state index contributed by atoms with van der Waals surface area (Å²) in [5.41, 5.74) is 1.74. The summed E-state index contributed by atoms with van der Waals surface area (Å²) in [7, 11) is 1.68. The van der Waals surface area contributed by atoms with Crippen LogP contribution in [0.2, 0.25) is 0 Å². The molecular weight excluding hydrogens is 267 g/mol. The minimum atomic E-state index is -0.102. The first-order valence-corrected chi connectivity index (χ1v) is 7.97. The Bertz CT molecular complexity index is 435. The molecule has 1 aliphatic rings. The number of nitrogens with zero attached hydrogens (tertiary/aromatic N) is 1. The van der Waals surface area contributed by atoms with Crippen LogP contribution in [0.15, 0.2) is 18.2 Å². The van der Waals surface area contributed by atoms with Gasteiger partial charge in [0.25, 0.3) is 0 Å². The zero-order valence-corrected chi connectivity index (χ0v) is 13.2. The van der Waals surface area contributed by atoms with Crippen molar-refractivity contribution in [2.75, 3.05) is 38.3 Å². The summed E-state index contributed by atoms with van der Waals surface area (Å²) in [4.78, 5) is 2.20. The van der Waals surface area contributed by atoms with Gasteiger partial charge in [0.2, 0.25) is 0 Å². The van der Waals surface area contributed by atoms with Gasteiger partial charge in [-0.3, -0.25) is 0 Å². The second kappa shape index (κ2) is 8.35. The van der Waals surface area contributed by atoms with Crippen LogP contribution in [0.4, 0.5) is 10.1 Å². The second-order valence-corrected chi connectivity index (χ2v) is 5.84. The molecule has 1 aromatic rings. The molecule has 118 valence electrons. The molecule has 0 aromatic heterocycles. The Morgan fingerprint density at radius 1 is 1.38 bits per heavy atom. The molecule has 0 bridgehead atoms. The number of nitrogens with one attached hydrogen (secondary N) is 1. The molecule has 0 spiro atoms. The highest BCUT2D eigenvalue weighted by Gasteiger charge is 2.25. The van der Waals surface area contributed by atoms with Gasteiger partial charge in [0, 0.05) is 33.3 Å². The van der Waals surface area contributed by atoms with E-state index in [2.05, 4.69) is 17.1 Å². The van der Waals surface area contributed by atoms with E-state index in [0.717, 1.165) is 43.2 Å². The van der Waals surface area contributed by atoms with Crippen LogP contribution < -0.4 is 10.2 Å². The van der Waals surface area contributed by atoms with E-state index in [-0.39, 0.29) is 5.82 Å². The average molecular weight is 294 g/mol. The van der Waals surface area contributed by atoms with Crippen LogP contribution in [0.3, 0.4) is 0 Å². The third kappa shape index (κ3) is 5.29. The van der Waals surface area contributed by atoms with E-state index in [0.29, 0.717) is 13.2 Å². The predicted octanol–water partition coefficient (Wildman–Crippen LogP) is 3.19. The van der Waals surface area contributed by atoms with Crippen LogP contribution in [-0.2, 0) is 11.3 Å². The molecule has 0 unspecified atom stereocenters. The molecular formula is C17H27FN2O. The maximum Gasteiger partial charge on any atom is 0.146 e. The lowest BCUT2D eigenvalue weighted by atomic mass is 10.1. The van der Waals surface area contributed by atoms with Gasteiger partial charge in [-0.05, 0) is 42.9 Å². The maximum atomic E-state index is 14.4. The zero-order valence-electron chi connectivity index (χ0n) is 13.2. The summed E-state index contributed by atoms with van der Waals surface area (Å²) in [6.45, 7) is 6.20. The van der Waals surface area contributed by atoms with Gasteiger partial charge in [-0.15, -0.1) is 0 Å². The quantitative estimate of drug-likeness (QED) is 0.671. The Morgan fingerprint density at radius 2 is 2.19 bits per heavy atom. The van der Waals surface area contributed by atoms with Crippen molar-refractivity contribution >= 4 is 5.69 Å². The lowest BCUT2D eigenvalue weighted by molar-refractivity contribution is 0.199. The largest absolute Gasteiger partial charge is 0.383 e. The summed E-state index contributed by atoms with van der Waals surface area (Å²) in [5.74, 6) is 0.668. The highest BCUT2D eigenvalue weighted by molar-refractivity contribution is 5.49. The molecule has 0 saturated heterocycles. The molecule has 1 N–H and O–H groups in total. The van der Waals surface area contributed by atoms with E-state index >= 15 is 0 Å². The third-order valence-electron chi connectivity index (χ3n) is 3.83. The lowest BCUT2D eigenvalue weighted by Gasteiger charge is -2.25. The van der Waals surface area contributed by atoms with E-state index in [1.807, 2.05) is 12.1 Å². The SMILES string of the molecule is CCCN(CC1CC1)c1ccc(CNCCOC)cc1F. The number of methoxy groups -OCH3 is 1. The highest BCUT2D eigenvalue weighted by atomic mass is 19.1. The van der Waals surface area contributed by atoms with Gasteiger partial charge in [0.05, 0.1) is 12.3 Å². The van der Waals surface area contributed by atoms with E-state index in [9.17, 15) is 4.39 Å². The standard InChI is InChI=1S/C17H27FN2O/c1-3-9-20(13-14-4-5-14)17-7-6-15(11-16(17)18)12-19-8-10-21-2/h6-7,11,14,19H,3-5,8-10,12-13H2,1-2H3. The van der Waals surface area contributed by atoms with Gasteiger partial charge >= 0.3 is 0 Å². The van der Waals surface area contributed by atoms with Crippen molar-refractivity contribution in [3.05, 3.63) is 29.6 Å². The van der Waals surface area contributed by atoms with Crippen LogP contribution in [0, 0.1) is 11.7 Å². The molecule has 1 aromatic carbocycles. The molecule has 3 nitrogen and oxygen atoms in total. The van der Waals surface area contributed by atoms with Crippen LogP contribution in [0.25, 0.3) is 0 Å². The second-order valence-electron chi connectivity index (χ2n) is 5.84. The summed E-state index contributed by atoms with van der Waals surface area (Å²) in [6.07, 6.45) is 3.64. The van der Waals surface area contributed by atoms with Crippen molar-refractivity contribution in [2.45, 2.75) is 32.7 Å². The molecule has 4 heteroatoms. The summed E-state index contributed by atoms with van der Waals surface area (Å²) >= 11 is 0. The molecule has 0 amide bonds. The first kappa shape index (κ1) is 16.2. The monoisotopic (exact) mass is 294 g/mol. The maximum absolute atomic E-state index is 14.4. The lowest BCUT2D eigenvalue weighted by Crippen LogP contribution is -2.27. The number of anilines is 1. The number of benzene rings is 1. The summed E-state index contributed by atoms with van der Waals surface area (Å²) in [6, 6.07) is 5.61. The van der Waals surface area contributed by atoms with E-state index in [4.69, 9.17) is 4.74 Å². The van der Waals surface area contributed by atoms with Gasteiger partial charge in [0.1, 0.15) is 5.82 Å². The summed E-state index contributed by atoms with van der Waals surface area (Å²) in [5, 5.41) is 3.24. The van der Waals surface area contributed by atoms with Crippen molar-refractivity contribution in [1.82, 2.24) is 5.32 Å². The van der Waals surface area contributed by atoms with Gasteiger partial charge in [-0.25, -0.2) is 4.39 Å². The molecule has 1 fully saturated rings. The number of ether oxygens (including phenoxy) is 1. The fourth-order valence-corrected chi connectivity index (χ4v) is 2.52. The number of hydrogen-bond donors (Lipinski definition) is 1. The first-order valence-electron chi connectivity index (χ1n) is 7.97. The van der Waals surface area contributed by atoms with Crippen LogP contribution in [0.1, 0.15) is 31.7 Å². The molecule has 0 heterocycles. The number of halogens is 1. The predicted molar refractivity (Wildman–Crippen MR) is 85.2 cm³/mol. The molecule has 0 aliphatic heterocycles. The summed E-state index contributed by atoms with van der Waals surface area (Å²) < 4.78 is 19.4. The topological polar surface area (TPSA) is 24.5 Å². The van der Waals surface area contributed by atoms with Crippen molar-refractivity contribution in [3.8, 4) is 0 Å². The van der Waals surface area contributed by atoms with E-state index < -0.39 is 0 Å². The van der Waals surface area contributed by atoms with Crippen molar-refractivity contribution in [1.29, 1.82) is 0 Å². The van der Waals surface area contributed by atoms with Crippen LogP contribution in [0.5, 0.6) is 0 Å². The van der Waals surface area contributed by atoms with Crippen molar-refractivity contribution in [2.24, 2.45) is 5.92 Å². The fraction of sp³-hybridized carbons (Fsp3) is 0.647. The third-order valence-corrected chi connectivity index (χ3v) is 3.83. The molecule has 1 aliphatic carbocycles.